The summed E-state index contributed by atoms with van der Waals surface area (Å²) in [4.78, 5) is 19.9. The van der Waals surface area contributed by atoms with Crippen LogP contribution >= 0.6 is 11.3 Å². The summed E-state index contributed by atoms with van der Waals surface area (Å²) in [5.74, 6) is 0.454. The Bertz CT molecular complexity index is 711. The Morgan fingerprint density at radius 2 is 2.08 bits per heavy atom. The van der Waals surface area contributed by atoms with Crippen molar-refractivity contribution in [2.75, 3.05) is 13.1 Å². The highest BCUT2D eigenvalue weighted by Crippen LogP contribution is 2.25. The van der Waals surface area contributed by atoms with Crippen molar-refractivity contribution < 1.29 is 9.18 Å². The Labute approximate surface area is 146 Å². The molecule has 1 saturated heterocycles. The standard InChI is InChI=1S/C19H23FN2OS/c1-13-18(24-14(2)21-13)19(23)22-11-3-4-16(12-22)6-5-15-7-9-17(20)10-8-15/h7-10,16H,3-6,11-12H2,1-2H3/t16-/m0/s1. The summed E-state index contributed by atoms with van der Waals surface area (Å²) in [6.45, 7) is 5.50. The fourth-order valence-electron chi connectivity index (χ4n) is 3.38. The van der Waals surface area contributed by atoms with Crippen molar-refractivity contribution in [3.8, 4) is 0 Å². The minimum Gasteiger partial charge on any atom is -0.338 e. The van der Waals surface area contributed by atoms with Crippen LogP contribution in [0.2, 0.25) is 0 Å². The first-order valence-corrected chi connectivity index (χ1v) is 9.32. The number of benzene rings is 1. The van der Waals surface area contributed by atoms with Crippen LogP contribution in [0.1, 0.15) is 45.2 Å². The smallest absolute Gasteiger partial charge is 0.265 e. The molecule has 0 saturated carbocycles. The first-order valence-electron chi connectivity index (χ1n) is 8.50. The molecule has 1 aliphatic rings. The minimum absolute atomic E-state index is 0.129. The third-order valence-electron chi connectivity index (χ3n) is 4.66. The number of rotatable bonds is 4. The highest BCUT2D eigenvalue weighted by atomic mass is 32.1. The van der Waals surface area contributed by atoms with Gasteiger partial charge in [-0.3, -0.25) is 4.79 Å². The zero-order valence-corrected chi connectivity index (χ0v) is 15.0. The summed E-state index contributed by atoms with van der Waals surface area (Å²) >= 11 is 1.49. The summed E-state index contributed by atoms with van der Waals surface area (Å²) in [6.07, 6.45) is 4.18. The third kappa shape index (κ3) is 4.01. The highest BCUT2D eigenvalue weighted by Gasteiger charge is 2.26. The normalized spacial score (nSPS) is 18.0. The van der Waals surface area contributed by atoms with Gasteiger partial charge < -0.3 is 4.90 Å². The molecular weight excluding hydrogens is 323 g/mol. The first-order chi connectivity index (χ1) is 11.5. The van der Waals surface area contributed by atoms with Gasteiger partial charge in [0, 0.05) is 13.1 Å². The van der Waals surface area contributed by atoms with Gasteiger partial charge in [-0.1, -0.05) is 12.1 Å². The van der Waals surface area contributed by atoms with E-state index < -0.39 is 0 Å². The van der Waals surface area contributed by atoms with Gasteiger partial charge >= 0.3 is 0 Å². The van der Waals surface area contributed by atoms with Gasteiger partial charge in [-0.15, -0.1) is 11.3 Å². The summed E-state index contributed by atoms with van der Waals surface area (Å²) in [7, 11) is 0. The molecule has 1 atom stereocenters. The number of aryl methyl sites for hydroxylation is 3. The van der Waals surface area contributed by atoms with E-state index in [1.54, 1.807) is 0 Å². The highest BCUT2D eigenvalue weighted by molar-refractivity contribution is 7.13. The fraction of sp³-hybridized carbons (Fsp3) is 0.474. The number of hydrogen-bond donors (Lipinski definition) is 0. The molecule has 1 aliphatic heterocycles. The van der Waals surface area contributed by atoms with Gasteiger partial charge in [0.1, 0.15) is 10.7 Å². The van der Waals surface area contributed by atoms with Gasteiger partial charge in [0.15, 0.2) is 0 Å². The topological polar surface area (TPSA) is 33.2 Å². The molecule has 1 fully saturated rings. The first kappa shape index (κ1) is 17.1. The van der Waals surface area contributed by atoms with Gasteiger partial charge in [0.2, 0.25) is 0 Å². The van der Waals surface area contributed by atoms with E-state index in [0.717, 1.165) is 59.9 Å². The lowest BCUT2D eigenvalue weighted by atomic mass is 9.91. The molecule has 3 rings (SSSR count). The molecule has 0 aliphatic carbocycles. The summed E-state index contributed by atoms with van der Waals surface area (Å²) < 4.78 is 13.0. The van der Waals surface area contributed by atoms with Crippen LogP contribution in [0, 0.1) is 25.6 Å². The Hall–Kier alpha value is -1.75. The van der Waals surface area contributed by atoms with E-state index in [4.69, 9.17) is 0 Å². The second kappa shape index (κ2) is 7.43. The number of thiazole rings is 1. The predicted molar refractivity (Wildman–Crippen MR) is 94.9 cm³/mol. The Kier molecular flexibility index (Phi) is 5.29. The lowest BCUT2D eigenvalue weighted by Crippen LogP contribution is -2.40. The van der Waals surface area contributed by atoms with Crippen LogP contribution in [-0.4, -0.2) is 28.9 Å². The average Bonchev–Trinajstić information content (AvgIpc) is 2.92. The van der Waals surface area contributed by atoms with Gasteiger partial charge in [0.05, 0.1) is 10.7 Å². The molecule has 3 nitrogen and oxygen atoms in total. The quantitative estimate of drug-likeness (QED) is 0.823. The van der Waals surface area contributed by atoms with Crippen molar-refractivity contribution in [2.24, 2.45) is 5.92 Å². The average molecular weight is 346 g/mol. The van der Waals surface area contributed by atoms with Crippen LogP contribution in [0.15, 0.2) is 24.3 Å². The maximum absolute atomic E-state index is 13.0. The van der Waals surface area contributed by atoms with Gasteiger partial charge in [0.25, 0.3) is 5.91 Å². The number of amides is 1. The molecule has 0 N–H and O–H groups in total. The summed E-state index contributed by atoms with van der Waals surface area (Å²) in [5, 5.41) is 0.945. The number of nitrogens with zero attached hydrogens (tertiary/aromatic N) is 2. The lowest BCUT2D eigenvalue weighted by molar-refractivity contribution is 0.0672. The van der Waals surface area contributed by atoms with E-state index in [2.05, 4.69) is 4.98 Å². The van der Waals surface area contributed by atoms with Gasteiger partial charge in [-0.2, -0.15) is 0 Å². The van der Waals surface area contributed by atoms with Crippen LogP contribution in [0.25, 0.3) is 0 Å². The van der Waals surface area contributed by atoms with Crippen molar-refractivity contribution in [2.45, 2.75) is 39.5 Å². The zero-order valence-electron chi connectivity index (χ0n) is 14.2. The van der Waals surface area contributed by atoms with E-state index in [-0.39, 0.29) is 11.7 Å². The number of carbonyl (C=O) groups is 1. The predicted octanol–water partition coefficient (Wildman–Crippen LogP) is 4.38. The van der Waals surface area contributed by atoms with Crippen LogP contribution in [0.5, 0.6) is 0 Å². The van der Waals surface area contributed by atoms with Crippen molar-refractivity contribution in [1.29, 1.82) is 0 Å². The Balaban J connectivity index is 1.58. The SMILES string of the molecule is Cc1nc(C)c(C(=O)N2CCC[C@@H](CCc3ccc(F)cc3)C2)s1. The molecule has 1 aromatic carbocycles. The number of hydrogen-bond acceptors (Lipinski definition) is 3. The monoisotopic (exact) mass is 346 g/mol. The molecule has 1 amide bonds. The third-order valence-corrected chi connectivity index (χ3v) is 5.72. The molecule has 5 heteroatoms. The maximum Gasteiger partial charge on any atom is 0.265 e. The molecule has 128 valence electrons. The zero-order chi connectivity index (χ0) is 17.1. The summed E-state index contributed by atoms with van der Waals surface area (Å²) in [5.41, 5.74) is 2.00. The molecule has 0 spiro atoms. The second-order valence-corrected chi connectivity index (χ2v) is 7.78. The molecule has 2 heterocycles. The number of piperidine rings is 1. The molecule has 0 unspecified atom stereocenters. The maximum atomic E-state index is 13.0. The van der Waals surface area contributed by atoms with Crippen LogP contribution in [0.4, 0.5) is 4.39 Å². The molecule has 0 bridgehead atoms. The number of carbonyl (C=O) groups excluding carboxylic acids is 1. The van der Waals surface area contributed by atoms with Gasteiger partial charge in [-0.05, 0) is 63.1 Å². The minimum atomic E-state index is -0.191. The number of aromatic nitrogens is 1. The van der Waals surface area contributed by atoms with Crippen molar-refractivity contribution in [3.63, 3.8) is 0 Å². The van der Waals surface area contributed by atoms with Crippen molar-refractivity contribution in [1.82, 2.24) is 9.88 Å². The van der Waals surface area contributed by atoms with Crippen molar-refractivity contribution >= 4 is 17.2 Å². The van der Waals surface area contributed by atoms with Crippen LogP contribution in [-0.2, 0) is 6.42 Å². The largest absolute Gasteiger partial charge is 0.338 e. The van der Waals surface area contributed by atoms with E-state index in [0.29, 0.717) is 5.92 Å². The van der Waals surface area contributed by atoms with Crippen LogP contribution in [0.3, 0.4) is 0 Å². The van der Waals surface area contributed by atoms with E-state index in [1.807, 2.05) is 30.9 Å². The number of likely N-dealkylation sites (tertiary alicyclic amines) is 1. The fourth-order valence-corrected chi connectivity index (χ4v) is 4.27. The Morgan fingerprint density at radius 1 is 1.33 bits per heavy atom. The molecule has 1 aromatic heterocycles. The molecule has 0 radical (unpaired) electrons. The van der Waals surface area contributed by atoms with E-state index >= 15 is 0 Å². The van der Waals surface area contributed by atoms with E-state index in [1.165, 1.54) is 23.5 Å². The summed E-state index contributed by atoms with van der Waals surface area (Å²) in [6, 6.07) is 6.73. The molecule has 24 heavy (non-hydrogen) atoms. The molecular formula is C19H23FN2OS. The Morgan fingerprint density at radius 3 is 2.75 bits per heavy atom. The van der Waals surface area contributed by atoms with Crippen molar-refractivity contribution in [3.05, 3.63) is 51.2 Å². The lowest BCUT2D eigenvalue weighted by Gasteiger charge is -2.32. The number of halogens is 1. The molecule has 2 aromatic rings. The van der Waals surface area contributed by atoms with E-state index in [9.17, 15) is 9.18 Å². The van der Waals surface area contributed by atoms with Gasteiger partial charge in [-0.25, -0.2) is 9.37 Å². The van der Waals surface area contributed by atoms with Crippen LogP contribution < -0.4 is 0 Å². The second-order valence-electron chi connectivity index (χ2n) is 6.57.